The van der Waals surface area contributed by atoms with Crippen LogP contribution < -0.4 is 9.88 Å². The Morgan fingerprint density at radius 3 is 2.78 bits per heavy atom. The van der Waals surface area contributed by atoms with Gasteiger partial charge in [-0.3, -0.25) is 0 Å². The summed E-state index contributed by atoms with van der Waals surface area (Å²) in [5.74, 6) is -0.126. The third kappa shape index (κ3) is 1.94. The summed E-state index contributed by atoms with van der Waals surface area (Å²) in [6, 6.07) is 0. The molecule has 102 valence electrons. The zero-order valence-electron chi connectivity index (χ0n) is 9.32. The lowest BCUT2D eigenvalue weighted by atomic mass is 9.90. The lowest BCUT2D eigenvalue weighted by Gasteiger charge is -2.35. The largest absolute Gasteiger partial charge is 0.476 e. The standard InChI is InChI=1S/C8H11F3N4O2S/c1-7(8(9,10)11)3-15-6(17-4-7)5(2-14-15)18(12,13)16/h2H,3-4H2,1H3,(H3,12,13,16). The number of rotatable bonds is 1. The summed E-state index contributed by atoms with van der Waals surface area (Å²) in [6.45, 7) is -0.0657. The average molecular weight is 284 g/mol. The van der Waals surface area contributed by atoms with Crippen molar-refractivity contribution in [3.63, 3.8) is 0 Å². The second-order valence-electron chi connectivity index (χ2n) is 4.42. The topological polar surface area (TPSA) is 94.0 Å². The average Bonchev–Trinajstić information content (AvgIpc) is 2.57. The zero-order chi connectivity index (χ0) is 13.8. The van der Waals surface area contributed by atoms with E-state index in [-0.39, 0.29) is 10.8 Å². The predicted molar refractivity (Wildman–Crippen MR) is 55.2 cm³/mol. The minimum absolute atomic E-state index is 0.126. The van der Waals surface area contributed by atoms with Gasteiger partial charge in [-0.25, -0.2) is 18.8 Å². The molecular weight excluding hydrogens is 273 g/mol. The number of nitrogens with zero attached hydrogens (tertiary/aromatic N) is 2. The monoisotopic (exact) mass is 284 g/mol. The summed E-state index contributed by atoms with van der Waals surface area (Å²) in [5, 5.41) is 8.76. The van der Waals surface area contributed by atoms with Crippen LogP contribution in [0.5, 0.6) is 5.88 Å². The number of halogens is 3. The van der Waals surface area contributed by atoms with E-state index in [1.807, 2.05) is 0 Å². The van der Waals surface area contributed by atoms with Crippen LogP contribution in [0.25, 0.3) is 0 Å². The molecule has 10 heteroatoms. The van der Waals surface area contributed by atoms with Crippen molar-refractivity contribution in [1.82, 2.24) is 9.78 Å². The number of hydrogen-bond acceptors (Lipinski definition) is 4. The van der Waals surface area contributed by atoms with Crippen molar-refractivity contribution in [1.29, 1.82) is 4.78 Å². The third-order valence-electron chi connectivity index (χ3n) is 2.80. The van der Waals surface area contributed by atoms with Gasteiger partial charge in [0.05, 0.1) is 12.7 Å². The molecule has 2 heterocycles. The molecule has 0 spiro atoms. The molecule has 2 unspecified atom stereocenters. The fraction of sp³-hybridized carbons (Fsp3) is 0.625. The Hall–Kier alpha value is -1.29. The summed E-state index contributed by atoms with van der Waals surface area (Å²) in [4.78, 5) is -0.188. The summed E-state index contributed by atoms with van der Waals surface area (Å²) in [5.41, 5.74) is -2.07. The number of nitrogens with two attached hydrogens (primary N) is 1. The first-order chi connectivity index (χ1) is 8.05. The summed E-state index contributed by atoms with van der Waals surface area (Å²) >= 11 is 0. The molecule has 0 fully saturated rings. The molecule has 0 amide bonds. The molecule has 2 atom stereocenters. The SMILES string of the molecule is CC1(C(F)(F)F)COc2c(S(=N)(N)=O)cnn2C1. The van der Waals surface area contributed by atoms with Gasteiger partial charge >= 0.3 is 6.18 Å². The molecule has 1 aliphatic heterocycles. The van der Waals surface area contributed by atoms with Crippen molar-refractivity contribution in [2.45, 2.75) is 24.5 Å². The van der Waals surface area contributed by atoms with E-state index in [4.69, 9.17) is 14.7 Å². The van der Waals surface area contributed by atoms with E-state index < -0.39 is 34.7 Å². The van der Waals surface area contributed by atoms with Crippen molar-refractivity contribution < 1.29 is 22.1 Å². The smallest absolute Gasteiger partial charge is 0.399 e. The van der Waals surface area contributed by atoms with Crippen LogP contribution in [0.3, 0.4) is 0 Å². The van der Waals surface area contributed by atoms with E-state index >= 15 is 0 Å². The van der Waals surface area contributed by atoms with Gasteiger partial charge in [0, 0.05) is 0 Å². The molecule has 0 saturated heterocycles. The van der Waals surface area contributed by atoms with Crippen LogP contribution in [0.2, 0.25) is 0 Å². The zero-order valence-corrected chi connectivity index (χ0v) is 10.1. The highest BCUT2D eigenvalue weighted by Crippen LogP contribution is 2.43. The summed E-state index contributed by atoms with van der Waals surface area (Å²) < 4.78 is 62.9. The third-order valence-corrected chi connectivity index (χ3v) is 3.73. The second kappa shape index (κ2) is 3.60. The lowest BCUT2D eigenvalue weighted by Crippen LogP contribution is -2.47. The van der Waals surface area contributed by atoms with Gasteiger partial charge in [0.25, 0.3) is 0 Å². The van der Waals surface area contributed by atoms with Crippen LogP contribution >= 0.6 is 0 Å². The van der Waals surface area contributed by atoms with Crippen molar-refractivity contribution in [3.8, 4) is 5.88 Å². The predicted octanol–water partition coefficient (Wildman–Crippen LogP) is 1.12. The van der Waals surface area contributed by atoms with Gasteiger partial charge in [-0.2, -0.15) is 18.3 Å². The van der Waals surface area contributed by atoms with Gasteiger partial charge in [0.2, 0.25) is 5.88 Å². The molecule has 0 aromatic carbocycles. The minimum Gasteiger partial charge on any atom is -0.476 e. The van der Waals surface area contributed by atoms with Crippen LogP contribution in [0, 0.1) is 10.2 Å². The van der Waals surface area contributed by atoms with E-state index in [2.05, 4.69) is 5.10 Å². The molecule has 1 aromatic rings. The lowest BCUT2D eigenvalue weighted by molar-refractivity contribution is -0.238. The van der Waals surface area contributed by atoms with Gasteiger partial charge in [-0.1, -0.05) is 0 Å². The summed E-state index contributed by atoms with van der Waals surface area (Å²) in [6.07, 6.45) is -3.44. The van der Waals surface area contributed by atoms with Crippen LogP contribution in [-0.4, -0.2) is 26.8 Å². The van der Waals surface area contributed by atoms with Crippen molar-refractivity contribution in [2.24, 2.45) is 10.6 Å². The second-order valence-corrected chi connectivity index (χ2v) is 6.06. The highest BCUT2D eigenvalue weighted by atomic mass is 32.2. The number of aromatic nitrogens is 2. The Morgan fingerprint density at radius 2 is 2.28 bits per heavy atom. The molecule has 0 aliphatic carbocycles. The van der Waals surface area contributed by atoms with Gasteiger partial charge in [0.1, 0.15) is 26.8 Å². The molecule has 0 radical (unpaired) electrons. The Morgan fingerprint density at radius 1 is 1.67 bits per heavy atom. The maximum Gasteiger partial charge on any atom is 0.399 e. The van der Waals surface area contributed by atoms with Gasteiger partial charge in [-0.15, -0.1) is 0 Å². The first kappa shape index (κ1) is 13.1. The minimum atomic E-state index is -4.44. The summed E-state index contributed by atoms with van der Waals surface area (Å²) in [7, 11) is -3.56. The fourth-order valence-corrected chi connectivity index (χ4v) is 2.23. The number of alkyl halides is 3. The molecular formula is C8H11F3N4O2S. The molecule has 1 aromatic heterocycles. The van der Waals surface area contributed by atoms with E-state index in [0.29, 0.717) is 0 Å². The van der Waals surface area contributed by atoms with Crippen molar-refractivity contribution in [2.75, 3.05) is 6.61 Å². The van der Waals surface area contributed by atoms with Crippen LogP contribution in [-0.2, 0) is 16.5 Å². The van der Waals surface area contributed by atoms with Crippen molar-refractivity contribution in [3.05, 3.63) is 6.20 Å². The highest BCUT2D eigenvalue weighted by molar-refractivity contribution is 7.90. The normalized spacial score (nSPS) is 27.2. The fourth-order valence-electron chi connectivity index (χ4n) is 1.60. The Bertz CT molecular complexity index is 580. The molecule has 2 rings (SSSR count). The molecule has 0 saturated carbocycles. The van der Waals surface area contributed by atoms with E-state index in [9.17, 15) is 17.4 Å². The maximum absolute atomic E-state index is 12.8. The van der Waals surface area contributed by atoms with Gasteiger partial charge in [-0.05, 0) is 6.92 Å². The van der Waals surface area contributed by atoms with E-state index in [0.717, 1.165) is 17.8 Å². The van der Waals surface area contributed by atoms with E-state index in [1.165, 1.54) is 0 Å². The van der Waals surface area contributed by atoms with Crippen LogP contribution in [0.15, 0.2) is 11.1 Å². The quantitative estimate of drug-likeness (QED) is 0.809. The first-order valence-electron chi connectivity index (χ1n) is 4.86. The number of ether oxygens (including phenoxy) is 1. The first-order valence-corrected chi connectivity index (χ1v) is 6.49. The number of fused-ring (bicyclic) bond motifs is 1. The Labute approximate surface area is 101 Å². The van der Waals surface area contributed by atoms with Gasteiger partial charge in [0.15, 0.2) is 0 Å². The maximum atomic E-state index is 12.8. The molecule has 6 nitrogen and oxygen atoms in total. The van der Waals surface area contributed by atoms with Crippen molar-refractivity contribution >= 4 is 9.92 Å². The van der Waals surface area contributed by atoms with Crippen LogP contribution in [0.4, 0.5) is 13.2 Å². The molecule has 1 aliphatic rings. The highest BCUT2D eigenvalue weighted by Gasteiger charge is 2.54. The molecule has 0 bridgehead atoms. The number of nitrogens with one attached hydrogen (secondary N) is 1. The number of hydrogen-bond donors (Lipinski definition) is 2. The molecule has 3 N–H and O–H groups in total. The Kier molecular flexibility index (Phi) is 2.63. The molecule has 18 heavy (non-hydrogen) atoms. The Balaban J connectivity index is 2.43. The van der Waals surface area contributed by atoms with E-state index in [1.54, 1.807) is 0 Å². The van der Waals surface area contributed by atoms with Crippen LogP contribution in [0.1, 0.15) is 6.92 Å². The van der Waals surface area contributed by atoms with Gasteiger partial charge < -0.3 is 4.74 Å².